The van der Waals surface area contributed by atoms with E-state index >= 15 is 0 Å². The second kappa shape index (κ2) is 6.67. The minimum absolute atomic E-state index is 0.630. The lowest BCUT2D eigenvalue weighted by Gasteiger charge is -2.14. The van der Waals surface area contributed by atoms with E-state index in [1.54, 1.807) is 0 Å². The van der Waals surface area contributed by atoms with E-state index in [9.17, 15) is 0 Å². The lowest BCUT2D eigenvalue weighted by molar-refractivity contribution is 0.484. The summed E-state index contributed by atoms with van der Waals surface area (Å²) < 4.78 is 2.29. The molecule has 15 heavy (non-hydrogen) atoms. The number of hydrogen-bond donors (Lipinski definition) is 1. The molecule has 0 aliphatic rings. The highest BCUT2D eigenvalue weighted by Crippen LogP contribution is 2.04. The van der Waals surface area contributed by atoms with E-state index in [-0.39, 0.29) is 0 Å². The van der Waals surface area contributed by atoms with Gasteiger partial charge in [0.1, 0.15) is 0 Å². The Balaban J connectivity index is 2.30. The zero-order valence-corrected chi connectivity index (χ0v) is 10.3. The van der Waals surface area contributed by atoms with Crippen LogP contribution in [0.25, 0.3) is 0 Å². The lowest BCUT2D eigenvalue weighted by atomic mass is 10.1. The third kappa shape index (κ3) is 4.08. The van der Waals surface area contributed by atoms with Gasteiger partial charge in [-0.15, -0.1) is 0 Å². The third-order valence-electron chi connectivity index (χ3n) is 2.89. The second-order valence-corrected chi connectivity index (χ2v) is 4.21. The van der Waals surface area contributed by atoms with Crippen molar-refractivity contribution in [3.8, 4) is 0 Å². The molecule has 1 heterocycles. The molecule has 0 saturated heterocycles. The van der Waals surface area contributed by atoms with Crippen LogP contribution >= 0.6 is 0 Å². The van der Waals surface area contributed by atoms with E-state index in [0.29, 0.717) is 6.04 Å². The Bertz CT molecular complexity index is 265. The second-order valence-electron chi connectivity index (χ2n) is 4.21. The fraction of sp³-hybridized carbons (Fsp3) is 0.692. The maximum atomic E-state index is 3.57. The first-order chi connectivity index (χ1) is 7.27. The monoisotopic (exact) mass is 208 g/mol. The van der Waals surface area contributed by atoms with Crippen molar-refractivity contribution in [3.63, 3.8) is 0 Å². The van der Waals surface area contributed by atoms with Crippen LogP contribution in [0.2, 0.25) is 0 Å². The summed E-state index contributed by atoms with van der Waals surface area (Å²) in [5.41, 5.74) is 1.39. The first kappa shape index (κ1) is 12.3. The van der Waals surface area contributed by atoms with E-state index in [1.807, 2.05) is 0 Å². The van der Waals surface area contributed by atoms with E-state index < -0.39 is 0 Å². The molecule has 0 spiro atoms. The standard InChI is InChI=1S/C13H24N2/c1-4-6-8-12(3)14-11-13-9-7-10-15(13)5-2/h7,9-10,12,14H,4-6,8,11H2,1-3H3. The Hall–Kier alpha value is -0.760. The van der Waals surface area contributed by atoms with Crippen LogP contribution < -0.4 is 5.32 Å². The predicted molar refractivity (Wildman–Crippen MR) is 65.9 cm³/mol. The molecule has 1 aromatic heterocycles. The van der Waals surface area contributed by atoms with Crippen LogP contribution in [0.4, 0.5) is 0 Å². The van der Waals surface area contributed by atoms with E-state index in [0.717, 1.165) is 13.1 Å². The molecular formula is C13H24N2. The number of unbranched alkanes of at least 4 members (excludes halogenated alkanes) is 1. The molecule has 86 valence electrons. The van der Waals surface area contributed by atoms with Gasteiger partial charge in [0.05, 0.1) is 0 Å². The van der Waals surface area contributed by atoms with Crippen LogP contribution in [0.15, 0.2) is 18.3 Å². The summed E-state index contributed by atoms with van der Waals surface area (Å²) in [6.07, 6.45) is 6.04. The number of hydrogen-bond acceptors (Lipinski definition) is 1. The van der Waals surface area contributed by atoms with Crippen molar-refractivity contribution >= 4 is 0 Å². The molecule has 0 radical (unpaired) electrons. The van der Waals surface area contributed by atoms with Crippen LogP contribution in [0, 0.1) is 0 Å². The fourth-order valence-electron chi connectivity index (χ4n) is 1.81. The topological polar surface area (TPSA) is 17.0 Å². The van der Waals surface area contributed by atoms with Gasteiger partial charge in [0.15, 0.2) is 0 Å². The van der Waals surface area contributed by atoms with Gasteiger partial charge in [-0.2, -0.15) is 0 Å². The van der Waals surface area contributed by atoms with Crippen LogP contribution in [-0.2, 0) is 13.1 Å². The van der Waals surface area contributed by atoms with Gasteiger partial charge >= 0.3 is 0 Å². The van der Waals surface area contributed by atoms with E-state index in [1.165, 1.54) is 25.0 Å². The van der Waals surface area contributed by atoms with Crippen LogP contribution in [0.5, 0.6) is 0 Å². The van der Waals surface area contributed by atoms with Crippen molar-refractivity contribution < 1.29 is 0 Å². The Morgan fingerprint density at radius 1 is 1.40 bits per heavy atom. The van der Waals surface area contributed by atoms with Gasteiger partial charge in [-0.3, -0.25) is 0 Å². The van der Waals surface area contributed by atoms with Crippen LogP contribution in [-0.4, -0.2) is 10.6 Å². The molecule has 0 saturated carbocycles. The molecule has 0 aliphatic heterocycles. The van der Waals surface area contributed by atoms with Crippen molar-refractivity contribution in [3.05, 3.63) is 24.0 Å². The first-order valence-electron chi connectivity index (χ1n) is 6.15. The molecule has 0 amide bonds. The molecule has 1 rings (SSSR count). The normalized spacial score (nSPS) is 13.0. The largest absolute Gasteiger partial charge is 0.351 e. The van der Waals surface area contributed by atoms with Gasteiger partial charge in [0, 0.05) is 31.0 Å². The molecule has 0 bridgehead atoms. The molecule has 1 unspecified atom stereocenters. The number of aromatic nitrogens is 1. The summed E-state index contributed by atoms with van der Waals surface area (Å²) in [7, 11) is 0. The first-order valence-corrected chi connectivity index (χ1v) is 6.15. The fourth-order valence-corrected chi connectivity index (χ4v) is 1.81. The average molecular weight is 208 g/mol. The van der Waals surface area contributed by atoms with Gasteiger partial charge in [-0.05, 0) is 32.4 Å². The highest BCUT2D eigenvalue weighted by atomic mass is 15.0. The van der Waals surface area contributed by atoms with Gasteiger partial charge in [0.25, 0.3) is 0 Å². The van der Waals surface area contributed by atoms with Crippen molar-refractivity contribution in [2.45, 2.75) is 59.2 Å². The molecule has 0 aliphatic carbocycles. The predicted octanol–water partition coefficient (Wildman–Crippen LogP) is 3.18. The summed E-state index contributed by atoms with van der Waals surface area (Å²) in [5, 5.41) is 3.57. The van der Waals surface area contributed by atoms with Crippen molar-refractivity contribution in [1.82, 2.24) is 9.88 Å². The number of rotatable bonds is 7. The average Bonchev–Trinajstić information content (AvgIpc) is 2.70. The summed E-state index contributed by atoms with van der Waals surface area (Å²) in [5.74, 6) is 0. The SMILES string of the molecule is CCCCC(C)NCc1cccn1CC. The molecule has 2 nitrogen and oxygen atoms in total. The van der Waals surface area contributed by atoms with Gasteiger partial charge in [0.2, 0.25) is 0 Å². The number of nitrogens with zero attached hydrogens (tertiary/aromatic N) is 1. The summed E-state index contributed by atoms with van der Waals surface area (Å²) in [6, 6.07) is 4.95. The minimum Gasteiger partial charge on any atom is -0.351 e. The van der Waals surface area contributed by atoms with Gasteiger partial charge in [-0.25, -0.2) is 0 Å². The molecular weight excluding hydrogens is 184 g/mol. The minimum atomic E-state index is 0.630. The molecule has 2 heteroatoms. The Kier molecular flexibility index (Phi) is 5.48. The van der Waals surface area contributed by atoms with Crippen LogP contribution in [0.1, 0.15) is 45.7 Å². The van der Waals surface area contributed by atoms with Crippen molar-refractivity contribution in [2.75, 3.05) is 0 Å². The summed E-state index contributed by atoms with van der Waals surface area (Å²) >= 11 is 0. The van der Waals surface area contributed by atoms with E-state index in [2.05, 4.69) is 49.0 Å². The highest BCUT2D eigenvalue weighted by molar-refractivity contribution is 5.06. The van der Waals surface area contributed by atoms with Crippen molar-refractivity contribution in [2.24, 2.45) is 0 Å². The Morgan fingerprint density at radius 3 is 2.87 bits per heavy atom. The quantitative estimate of drug-likeness (QED) is 0.728. The Labute approximate surface area is 93.7 Å². The van der Waals surface area contributed by atoms with Crippen molar-refractivity contribution in [1.29, 1.82) is 0 Å². The molecule has 0 fully saturated rings. The zero-order chi connectivity index (χ0) is 11.1. The number of aryl methyl sites for hydroxylation is 1. The summed E-state index contributed by atoms with van der Waals surface area (Å²) in [4.78, 5) is 0. The number of nitrogens with one attached hydrogen (secondary N) is 1. The molecule has 1 atom stereocenters. The molecule has 1 aromatic rings. The summed E-state index contributed by atoms with van der Waals surface area (Å²) in [6.45, 7) is 8.76. The highest BCUT2D eigenvalue weighted by Gasteiger charge is 2.02. The van der Waals surface area contributed by atoms with E-state index in [4.69, 9.17) is 0 Å². The zero-order valence-electron chi connectivity index (χ0n) is 10.3. The smallest absolute Gasteiger partial charge is 0.0361 e. The van der Waals surface area contributed by atoms with Gasteiger partial charge < -0.3 is 9.88 Å². The molecule has 1 N–H and O–H groups in total. The maximum Gasteiger partial charge on any atom is 0.0361 e. The lowest BCUT2D eigenvalue weighted by Crippen LogP contribution is -2.26. The third-order valence-corrected chi connectivity index (χ3v) is 2.89. The molecule has 0 aromatic carbocycles. The van der Waals surface area contributed by atoms with Crippen LogP contribution in [0.3, 0.4) is 0 Å². The van der Waals surface area contributed by atoms with Gasteiger partial charge in [-0.1, -0.05) is 19.8 Å². The maximum absolute atomic E-state index is 3.57. The Morgan fingerprint density at radius 2 is 2.20 bits per heavy atom.